The van der Waals surface area contributed by atoms with Crippen molar-refractivity contribution in [2.24, 2.45) is 0 Å². The first-order valence-corrected chi connectivity index (χ1v) is 9.27. The Morgan fingerprint density at radius 3 is 2.76 bits per heavy atom. The molecule has 0 aliphatic carbocycles. The maximum atomic E-state index is 12.5. The number of rotatable bonds is 6. The van der Waals surface area contributed by atoms with Gasteiger partial charge < -0.3 is 9.47 Å². The summed E-state index contributed by atoms with van der Waals surface area (Å²) in [6, 6.07) is 14.7. The summed E-state index contributed by atoms with van der Waals surface area (Å²) in [5, 5.41) is 11.2. The summed E-state index contributed by atoms with van der Waals surface area (Å²) in [5.74, 6) is 0.434. The van der Waals surface area contributed by atoms with Crippen LogP contribution in [0.15, 0.2) is 53.9 Å². The van der Waals surface area contributed by atoms with Crippen molar-refractivity contribution in [2.75, 3.05) is 12.8 Å². The molecule has 3 rings (SSSR count). The first-order chi connectivity index (χ1) is 12.1. The predicted molar refractivity (Wildman–Crippen MR) is 102 cm³/mol. The van der Waals surface area contributed by atoms with E-state index in [-0.39, 0.29) is 11.9 Å². The van der Waals surface area contributed by atoms with Crippen molar-refractivity contribution in [3.05, 3.63) is 54.4 Å². The molecule has 0 N–H and O–H groups in total. The number of benzene rings is 2. The normalized spacial score (nSPS) is 11.2. The van der Waals surface area contributed by atoms with Gasteiger partial charge in [-0.3, -0.25) is 4.79 Å². The van der Waals surface area contributed by atoms with Crippen molar-refractivity contribution in [1.82, 2.24) is 19.7 Å². The van der Waals surface area contributed by atoms with E-state index in [2.05, 4.69) is 48.3 Å². The number of hydrogen-bond donors (Lipinski definition) is 0. The zero-order chi connectivity index (χ0) is 17.8. The van der Waals surface area contributed by atoms with E-state index < -0.39 is 0 Å². The predicted octanol–water partition coefficient (Wildman–Crippen LogP) is 3.76. The lowest BCUT2D eigenvalue weighted by Crippen LogP contribution is -2.28. The Morgan fingerprint density at radius 2 is 1.96 bits per heavy atom. The van der Waals surface area contributed by atoms with Crippen LogP contribution in [-0.4, -0.2) is 38.4 Å². The van der Waals surface area contributed by atoms with Gasteiger partial charge in [0, 0.05) is 19.6 Å². The third-order valence-corrected chi connectivity index (χ3v) is 5.08. The number of carbonyl (C=O) groups excluding carboxylic acids is 1. The zero-order valence-corrected chi connectivity index (χ0v) is 15.5. The maximum Gasteiger partial charge on any atom is 0.233 e. The van der Waals surface area contributed by atoms with E-state index in [0.717, 1.165) is 10.7 Å². The third kappa shape index (κ3) is 4.02. The van der Waals surface area contributed by atoms with Crippen molar-refractivity contribution in [3.63, 3.8) is 0 Å². The van der Waals surface area contributed by atoms with E-state index >= 15 is 0 Å². The van der Waals surface area contributed by atoms with Crippen molar-refractivity contribution in [2.45, 2.75) is 31.6 Å². The SMILES string of the molecule is CC(C)n1cnnc1SCC(=O)N(C)Cc1cccc2ccccc12. The van der Waals surface area contributed by atoms with Crippen LogP contribution < -0.4 is 0 Å². The van der Waals surface area contributed by atoms with E-state index in [9.17, 15) is 4.79 Å². The molecule has 0 unspecified atom stereocenters. The van der Waals surface area contributed by atoms with Crippen LogP contribution >= 0.6 is 11.8 Å². The average Bonchev–Trinajstić information content (AvgIpc) is 3.09. The van der Waals surface area contributed by atoms with Gasteiger partial charge in [-0.05, 0) is 30.2 Å². The molecule has 0 spiro atoms. The molecule has 3 aromatic rings. The lowest BCUT2D eigenvalue weighted by atomic mass is 10.0. The zero-order valence-electron chi connectivity index (χ0n) is 14.7. The van der Waals surface area contributed by atoms with Gasteiger partial charge in [0.1, 0.15) is 6.33 Å². The fourth-order valence-corrected chi connectivity index (χ4v) is 3.68. The van der Waals surface area contributed by atoms with E-state index in [0.29, 0.717) is 12.3 Å². The molecule has 0 saturated heterocycles. The van der Waals surface area contributed by atoms with E-state index in [1.165, 1.54) is 22.5 Å². The van der Waals surface area contributed by atoms with Gasteiger partial charge >= 0.3 is 0 Å². The van der Waals surface area contributed by atoms with Crippen LogP contribution in [0.3, 0.4) is 0 Å². The Morgan fingerprint density at radius 1 is 1.20 bits per heavy atom. The second-order valence-electron chi connectivity index (χ2n) is 6.29. The van der Waals surface area contributed by atoms with Crippen molar-refractivity contribution in [3.8, 4) is 0 Å². The minimum absolute atomic E-state index is 0.0799. The van der Waals surface area contributed by atoms with Gasteiger partial charge in [0.15, 0.2) is 5.16 Å². The van der Waals surface area contributed by atoms with Crippen LogP contribution in [0.1, 0.15) is 25.5 Å². The van der Waals surface area contributed by atoms with Crippen LogP contribution in [0.25, 0.3) is 10.8 Å². The second-order valence-corrected chi connectivity index (χ2v) is 7.23. The molecule has 0 radical (unpaired) electrons. The smallest absolute Gasteiger partial charge is 0.233 e. The molecule has 5 nitrogen and oxygen atoms in total. The highest BCUT2D eigenvalue weighted by Crippen LogP contribution is 2.21. The topological polar surface area (TPSA) is 51.0 Å². The molecule has 0 aliphatic heterocycles. The molecule has 0 saturated carbocycles. The molecule has 130 valence electrons. The minimum Gasteiger partial charge on any atom is -0.341 e. The van der Waals surface area contributed by atoms with Crippen LogP contribution in [-0.2, 0) is 11.3 Å². The highest BCUT2D eigenvalue weighted by Gasteiger charge is 2.14. The molecule has 1 aromatic heterocycles. The number of thioether (sulfide) groups is 1. The van der Waals surface area contributed by atoms with Crippen LogP contribution in [0.5, 0.6) is 0 Å². The summed E-state index contributed by atoms with van der Waals surface area (Å²) in [4.78, 5) is 14.3. The number of amides is 1. The molecular formula is C19H22N4OS. The van der Waals surface area contributed by atoms with Gasteiger partial charge in [0.25, 0.3) is 0 Å². The summed E-state index contributed by atoms with van der Waals surface area (Å²) in [7, 11) is 1.85. The lowest BCUT2D eigenvalue weighted by molar-refractivity contribution is -0.127. The minimum atomic E-state index is 0.0799. The van der Waals surface area contributed by atoms with E-state index in [4.69, 9.17) is 0 Å². The highest BCUT2D eigenvalue weighted by molar-refractivity contribution is 7.99. The first kappa shape index (κ1) is 17.5. The van der Waals surface area contributed by atoms with Crippen LogP contribution in [0.2, 0.25) is 0 Å². The fraction of sp³-hybridized carbons (Fsp3) is 0.316. The number of carbonyl (C=O) groups is 1. The van der Waals surface area contributed by atoms with Gasteiger partial charge in [0.05, 0.1) is 5.75 Å². The average molecular weight is 354 g/mol. The third-order valence-electron chi connectivity index (χ3n) is 4.13. The highest BCUT2D eigenvalue weighted by atomic mass is 32.2. The molecule has 0 bridgehead atoms. The Labute approximate surface area is 152 Å². The largest absolute Gasteiger partial charge is 0.341 e. The number of aromatic nitrogens is 3. The molecule has 0 aliphatic rings. The number of hydrogen-bond acceptors (Lipinski definition) is 4. The Balaban J connectivity index is 1.65. The van der Waals surface area contributed by atoms with Gasteiger partial charge in [-0.2, -0.15) is 0 Å². The van der Waals surface area contributed by atoms with Crippen LogP contribution in [0, 0.1) is 0 Å². The summed E-state index contributed by atoms with van der Waals surface area (Å²) in [5.41, 5.74) is 1.16. The summed E-state index contributed by atoms with van der Waals surface area (Å²) >= 11 is 1.43. The lowest BCUT2D eigenvalue weighted by Gasteiger charge is -2.18. The van der Waals surface area contributed by atoms with Gasteiger partial charge in [-0.15, -0.1) is 10.2 Å². The van der Waals surface area contributed by atoms with Crippen molar-refractivity contribution < 1.29 is 4.79 Å². The molecule has 0 fully saturated rings. The molecule has 25 heavy (non-hydrogen) atoms. The number of nitrogens with zero attached hydrogens (tertiary/aromatic N) is 4. The first-order valence-electron chi connectivity index (χ1n) is 8.29. The Kier molecular flexibility index (Phi) is 5.38. The molecule has 6 heteroatoms. The van der Waals surface area contributed by atoms with Crippen molar-refractivity contribution >= 4 is 28.4 Å². The standard InChI is InChI=1S/C19H22N4OS/c1-14(2)23-13-20-21-19(23)25-12-18(24)22(3)11-16-9-6-8-15-7-4-5-10-17(15)16/h4-10,13-14H,11-12H2,1-3H3. The Hall–Kier alpha value is -2.34. The quantitative estimate of drug-likeness (QED) is 0.633. The van der Waals surface area contributed by atoms with E-state index in [1.54, 1.807) is 11.2 Å². The summed E-state index contributed by atoms with van der Waals surface area (Å²) < 4.78 is 1.97. The van der Waals surface area contributed by atoms with Crippen LogP contribution in [0.4, 0.5) is 0 Å². The van der Waals surface area contributed by atoms with Gasteiger partial charge in [-0.1, -0.05) is 54.2 Å². The monoisotopic (exact) mass is 354 g/mol. The van der Waals surface area contributed by atoms with Gasteiger partial charge in [0.2, 0.25) is 5.91 Å². The van der Waals surface area contributed by atoms with E-state index in [1.807, 2.05) is 29.8 Å². The molecule has 0 atom stereocenters. The summed E-state index contributed by atoms with van der Waals surface area (Å²) in [6.07, 6.45) is 1.71. The summed E-state index contributed by atoms with van der Waals surface area (Å²) in [6.45, 7) is 4.74. The molecular weight excluding hydrogens is 332 g/mol. The molecule has 2 aromatic carbocycles. The molecule has 1 heterocycles. The molecule has 1 amide bonds. The second kappa shape index (κ2) is 7.70. The number of fused-ring (bicyclic) bond motifs is 1. The van der Waals surface area contributed by atoms with Gasteiger partial charge in [-0.25, -0.2) is 0 Å². The van der Waals surface area contributed by atoms with Crippen molar-refractivity contribution in [1.29, 1.82) is 0 Å². The Bertz CT molecular complexity index is 869. The maximum absolute atomic E-state index is 12.5. The fourth-order valence-electron chi connectivity index (χ4n) is 2.70.